The van der Waals surface area contributed by atoms with E-state index >= 15 is 0 Å². The maximum Gasteiger partial charge on any atom is 0.337 e. The van der Waals surface area contributed by atoms with Gasteiger partial charge >= 0.3 is 5.97 Å². The zero-order valence-electron chi connectivity index (χ0n) is 9.94. The van der Waals surface area contributed by atoms with Crippen LogP contribution in [0, 0.1) is 0 Å². The summed E-state index contributed by atoms with van der Waals surface area (Å²) in [6.07, 6.45) is 0. The molecule has 0 aromatic carbocycles. The van der Waals surface area contributed by atoms with E-state index in [1.54, 1.807) is 6.92 Å². The van der Waals surface area contributed by atoms with E-state index in [0.29, 0.717) is 0 Å². The van der Waals surface area contributed by atoms with E-state index < -0.39 is 11.6 Å². The highest BCUT2D eigenvalue weighted by molar-refractivity contribution is 9.11. The third kappa shape index (κ3) is 3.79. The Labute approximate surface area is 117 Å². The molecule has 0 fully saturated rings. The summed E-state index contributed by atoms with van der Waals surface area (Å²) >= 11 is 4.75. The Morgan fingerprint density at radius 2 is 2.17 bits per heavy atom. The minimum atomic E-state index is -1.95. The van der Waals surface area contributed by atoms with Gasteiger partial charge in [-0.2, -0.15) is 0 Å². The molecule has 1 aromatic rings. The summed E-state index contributed by atoms with van der Waals surface area (Å²) in [6.45, 7) is 2.54. The SMILES string of the molecule is CC(C(=O)NCC(C)(O)C(=O)O)c1ccc(Br)s1. The van der Waals surface area contributed by atoms with Gasteiger partial charge in [-0.3, -0.25) is 4.79 Å². The summed E-state index contributed by atoms with van der Waals surface area (Å²) in [5, 5.41) is 20.6. The van der Waals surface area contributed by atoms with E-state index in [2.05, 4.69) is 21.2 Å². The monoisotopic (exact) mass is 335 g/mol. The summed E-state index contributed by atoms with van der Waals surface area (Å²) in [4.78, 5) is 23.3. The Balaban J connectivity index is 2.59. The molecule has 1 rings (SSSR count). The predicted molar refractivity (Wildman–Crippen MR) is 71.7 cm³/mol. The van der Waals surface area contributed by atoms with Crippen LogP contribution < -0.4 is 5.32 Å². The normalized spacial score (nSPS) is 15.8. The molecule has 1 aromatic heterocycles. The third-order valence-electron chi connectivity index (χ3n) is 2.48. The lowest BCUT2D eigenvalue weighted by atomic mass is 10.1. The van der Waals surface area contributed by atoms with Crippen LogP contribution >= 0.6 is 27.3 Å². The largest absolute Gasteiger partial charge is 0.479 e. The molecule has 1 heterocycles. The molecule has 0 radical (unpaired) electrons. The Bertz CT molecular complexity index is 458. The first-order valence-electron chi connectivity index (χ1n) is 5.23. The summed E-state index contributed by atoms with van der Waals surface area (Å²) in [5.41, 5.74) is -1.95. The van der Waals surface area contributed by atoms with Crippen molar-refractivity contribution < 1.29 is 19.8 Å². The van der Waals surface area contributed by atoms with Crippen LogP contribution in [0.5, 0.6) is 0 Å². The number of carboxylic acid groups (broad SMARTS) is 1. The van der Waals surface area contributed by atoms with E-state index in [4.69, 9.17) is 5.11 Å². The molecule has 1 amide bonds. The molecule has 7 heteroatoms. The number of carbonyl (C=O) groups is 2. The number of hydrogen-bond acceptors (Lipinski definition) is 4. The van der Waals surface area contributed by atoms with Crippen LogP contribution in [-0.4, -0.2) is 34.2 Å². The number of carbonyl (C=O) groups excluding carboxylic acids is 1. The Morgan fingerprint density at radius 1 is 1.56 bits per heavy atom. The lowest BCUT2D eigenvalue weighted by Gasteiger charge is -2.19. The summed E-state index contributed by atoms with van der Waals surface area (Å²) < 4.78 is 0.926. The summed E-state index contributed by atoms with van der Waals surface area (Å²) in [5.74, 6) is -2.06. The second-order valence-corrected chi connectivity index (χ2v) is 6.65. The average Bonchev–Trinajstić information content (AvgIpc) is 2.71. The molecule has 2 unspecified atom stereocenters. The predicted octanol–water partition coefficient (Wildman–Crippen LogP) is 1.57. The molecular weight excluding hydrogens is 322 g/mol. The topological polar surface area (TPSA) is 86.6 Å². The van der Waals surface area contributed by atoms with Crippen LogP contribution in [0.1, 0.15) is 24.6 Å². The van der Waals surface area contributed by atoms with Gasteiger partial charge < -0.3 is 15.5 Å². The quantitative estimate of drug-likeness (QED) is 0.762. The van der Waals surface area contributed by atoms with Crippen molar-refractivity contribution in [3.8, 4) is 0 Å². The lowest BCUT2D eigenvalue weighted by Crippen LogP contribution is -2.47. The molecule has 0 saturated carbocycles. The molecule has 0 aliphatic rings. The van der Waals surface area contributed by atoms with Gasteiger partial charge in [0.1, 0.15) is 0 Å². The third-order valence-corrected chi connectivity index (χ3v) is 4.29. The minimum absolute atomic E-state index is 0.314. The fraction of sp³-hybridized carbons (Fsp3) is 0.455. The maximum atomic E-state index is 11.8. The first-order chi connectivity index (χ1) is 8.24. The van der Waals surface area contributed by atoms with Crippen LogP contribution in [0.15, 0.2) is 15.9 Å². The first-order valence-corrected chi connectivity index (χ1v) is 6.83. The second-order valence-electron chi connectivity index (χ2n) is 4.16. The zero-order chi connectivity index (χ0) is 13.9. The summed E-state index contributed by atoms with van der Waals surface area (Å²) in [6, 6.07) is 3.67. The van der Waals surface area contributed by atoms with Crippen LogP contribution in [0.25, 0.3) is 0 Å². The Hall–Kier alpha value is -0.920. The number of nitrogens with one attached hydrogen (secondary N) is 1. The van der Waals surface area contributed by atoms with Crippen molar-refractivity contribution in [3.05, 3.63) is 20.8 Å². The standard InChI is InChI=1S/C11H14BrNO4S/c1-6(7-3-4-8(12)18-7)9(14)13-5-11(2,17)10(15)16/h3-4,6,17H,5H2,1-2H3,(H,13,14)(H,15,16). The molecule has 0 aliphatic carbocycles. The van der Waals surface area contributed by atoms with Crippen LogP contribution in [0.3, 0.4) is 0 Å². The van der Waals surface area contributed by atoms with Crippen molar-refractivity contribution in [1.29, 1.82) is 0 Å². The number of halogens is 1. The smallest absolute Gasteiger partial charge is 0.337 e. The van der Waals surface area contributed by atoms with Gasteiger partial charge in [-0.25, -0.2) is 4.79 Å². The van der Waals surface area contributed by atoms with Gasteiger partial charge in [0, 0.05) is 4.88 Å². The van der Waals surface area contributed by atoms with Gasteiger partial charge in [0.05, 0.1) is 16.2 Å². The van der Waals surface area contributed by atoms with Crippen molar-refractivity contribution in [2.45, 2.75) is 25.4 Å². The molecule has 18 heavy (non-hydrogen) atoms. The number of aliphatic hydroxyl groups is 1. The number of carboxylic acids is 1. The average molecular weight is 336 g/mol. The van der Waals surface area contributed by atoms with Gasteiger partial charge in [0.2, 0.25) is 5.91 Å². The highest BCUT2D eigenvalue weighted by Crippen LogP contribution is 2.28. The molecule has 3 N–H and O–H groups in total. The number of thiophene rings is 1. The number of hydrogen-bond donors (Lipinski definition) is 3. The van der Waals surface area contributed by atoms with Gasteiger partial charge in [0.25, 0.3) is 0 Å². The number of rotatable bonds is 5. The van der Waals surface area contributed by atoms with Crippen molar-refractivity contribution in [2.75, 3.05) is 6.54 Å². The maximum absolute atomic E-state index is 11.8. The highest BCUT2D eigenvalue weighted by atomic mass is 79.9. The molecule has 0 aliphatic heterocycles. The first kappa shape index (κ1) is 15.1. The van der Waals surface area contributed by atoms with Crippen LogP contribution in [0.4, 0.5) is 0 Å². The van der Waals surface area contributed by atoms with Gasteiger partial charge in [-0.15, -0.1) is 11.3 Å². The second kappa shape index (κ2) is 5.81. The lowest BCUT2D eigenvalue weighted by molar-refractivity contribution is -0.156. The minimum Gasteiger partial charge on any atom is -0.479 e. The van der Waals surface area contributed by atoms with Gasteiger partial charge in [-0.05, 0) is 41.9 Å². The van der Waals surface area contributed by atoms with Gasteiger partial charge in [0.15, 0.2) is 5.60 Å². The summed E-state index contributed by atoms with van der Waals surface area (Å²) in [7, 11) is 0. The van der Waals surface area contributed by atoms with E-state index in [9.17, 15) is 14.7 Å². The fourth-order valence-electron chi connectivity index (χ4n) is 1.18. The van der Waals surface area contributed by atoms with E-state index in [1.165, 1.54) is 11.3 Å². The molecule has 2 atom stereocenters. The Morgan fingerprint density at radius 3 is 2.61 bits per heavy atom. The number of amides is 1. The molecular formula is C11H14BrNO4S. The fourth-order valence-corrected chi connectivity index (χ4v) is 2.65. The van der Waals surface area contributed by atoms with E-state index in [0.717, 1.165) is 15.6 Å². The van der Waals surface area contributed by atoms with Crippen LogP contribution in [-0.2, 0) is 9.59 Å². The van der Waals surface area contributed by atoms with Crippen molar-refractivity contribution in [2.24, 2.45) is 0 Å². The van der Waals surface area contributed by atoms with E-state index in [-0.39, 0.29) is 18.4 Å². The Kier molecular flexibility index (Phi) is 4.89. The van der Waals surface area contributed by atoms with Crippen molar-refractivity contribution >= 4 is 39.1 Å². The van der Waals surface area contributed by atoms with Crippen molar-refractivity contribution in [3.63, 3.8) is 0 Å². The van der Waals surface area contributed by atoms with E-state index in [1.807, 2.05) is 12.1 Å². The number of aliphatic carboxylic acids is 1. The zero-order valence-corrected chi connectivity index (χ0v) is 12.3. The molecule has 5 nitrogen and oxygen atoms in total. The molecule has 0 saturated heterocycles. The van der Waals surface area contributed by atoms with Crippen LogP contribution in [0.2, 0.25) is 0 Å². The molecule has 0 bridgehead atoms. The van der Waals surface area contributed by atoms with Crippen molar-refractivity contribution in [1.82, 2.24) is 5.32 Å². The highest BCUT2D eigenvalue weighted by Gasteiger charge is 2.31. The van der Waals surface area contributed by atoms with Gasteiger partial charge in [-0.1, -0.05) is 0 Å². The molecule has 0 spiro atoms. The molecule has 100 valence electrons.